The minimum absolute atomic E-state index is 0.0443. The summed E-state index contributed by atoms with van der Waals surface area (Å²) in [5, 5.41) is 4.33. The van der Waals surface area contributed by atoms with E-state index >= 15 is 0 Å². The number of pyridine rings is 2. The van der Waals surface area contributed by atoms with Crippen molar-refractivity contribution in [2.24, 2.45) is 0 Å². The molecule has 0 aliphatic carbocycles. The average molecular weight is 375 g/mol. The van der Waals surface area contributed by atoms with Gasteiger partial charge in [-0.3, -0.25) is 4.98 Å². The van der Waals surface area contributed by atoms with Crippen molar-refractivity contribution in [3.05, 3.63) is 59.4 Å². The number of alkyl halides is 3. The number of halogens is 3. The molecule has 0 spiro atoms. The lowest BCUT2D eigenvalue weighted by Crippen LogP contribution is -2.15. The van der Waals surface area contributed by atoms with E-state index in [1.165, 1.54) is 12.1 Å². The molecule has 0 radical (unpaired) electrons. The SMILES string of the molecule is CCc1nc2ccccc2c(NCCOc2cccc(C(F)(F)F)n2)c1C. The summed E-state index contributed by atoms with van der Waals surface area (Å²) < 4.78 is 43.5. The van der Waals surface area contributed by atoms with Gasteiger partial charge in [0, 0.05) is 29.4 Å². The van der Waals surface area contributed by atoms with Crippen molar-refractivity contribution in [3.8, 4) is 5.88 Å². The lowest BCUT2D eigenvalue weighted by molar-refractivity contribution is -0.141. The summed E-state index contributed by atoms with van der Waals surface area (Å²) in [6, 6.07) is 11.5. The van der Waals surface area contributed by atoms with Gasteiger partial charge in [0.05, 0.1) is 5.52 Å². The number of aryl methyl sites for hydroxylation is 1. The molecular formula is C20H20F3N3O. The van der Waals surface area contributed by atoms with Gasteiger partial charge in [0.15, 0.2) is 0 Å². The summed E-state index contributed by atoms with van der Waals surface area (Å²) in [5.41, 5.74) is 2.99. The molecule has 1 N–H and O–H groups in total. The van der Waals surface area contributed by atoms with Crippen molar-refractivity contribution in [1.29, 1.82) is 0 Å². The van der Waals surface area contributed by atoms with Crippen molar-refractivity contribution < 1.29 is 17.9 Å². The van der Waals surface area contributed by atoms with Crippen LogP contribution >= 0.6 is 0 Å². The first-order valence-corrected chi connectivity index (χ1v) is 8.69. The van der Waals surface area contributed by atoms with Gasteiger partial charge in [0.25, 0.3) is 0 Å². The molecule has 3 aromatic rings. The Morgan fingerprint density at radius 3 is 2.56 bits per heavy atom. The maximum Gasteiger partial charge on any atom is 0.433 e. The quantitative estimate of drug-likeness (QED) is 0.615. The number of nitrogens with zero attached hydrogens (tertiary/aromatic N) is 2. The Labute approximate surface area is 155 Å². The van der Waals surface area contributed by atoms with Gasteiger partial charge in [-0.2, -0.15) is 13.2 Å². The van der Waals surface area contributed by atoms with Crippen LogP contribution in [0.1, 0.15) is 23.9 Å². The summed E-state index contributed by atoms with van der Waals surface area (Å²) in [6.07, 6.45) is -3.67. The van der Waals surface area contributed by atoms with Crippen LogP contribution in [0.15, 0.2) is 42.5 Å². The second-order valence-electron chi connectivity index (χ2n) is 6.06. The molecular weight excluding hydrogens is 355 g/mol. The highest BCUT2D eigenvalue weighted by Crippen LogP contribution is 2.29. The Bertz CT molecular complexity index is 941. The van der Waals surface area contributed by atoms with Gasteiger partial charge in [-0.15, -0.1) is 0 Å². The monoisotopic (exact) mass is 375 g/mol. The van der Waals surface area contributed by atoms with E-state index < -0.39 is 11.9 Å². The minimum Gasteiger partial charge on any atom is -0.476 e. The minimum atomic E-state index is -4.48. The second kappa shape index (κ2) is 7.82. The number of hydrogen-bond acceptors (Lipinski definition) is 4. The number of hydrogen-bond donors (Lipinski definition) is 1. The molecule has 0 saturated carbocycles. The van der Waals surface area contributed by atoms with E-state index in [1.807, 2.05) is 31.2 Å². The summed E-state index contributed by atoms with van der Waals surface area (Å²) in [4.78, 5) is 8.17. The lowest BCUT2D eigenvalue weighted by atomic mass is 10.1. The molecule has 0 amide bonds. The third-order valence-corrected chi connectivity index (χ3v) is 4.24. The van der Waals surface area contributed by atoms with Crippen molar-refractivity contribution in [2.75, 3.05) is 18.5 Å². The van der Waals surface area contributed by atoms with Crippen LogP contribution in [0.4, 0.5) is 18.9 Å². The van der Waals surface area contributed by atoms with Gasteiger partial charge in [0.2, 0.25) is 5.88 Å². The highest BCUT2D eigenvalue weighted by molar-refractivity contribution is 5.93. The fourth-order valence-corrected chi connectivity index (χ4v) is 2.91. The van der Waals surface area contributed by atoms with Gasteiger partial charge in [-0.1, -0.05) is 31.2 Å². The predicted molar refractivity (Wildman–Crippen MR) is 99.1 cm³/mol. The van der Waals surface area contributed by atoms with E-state index in [1.54, 1.807) is 0 Å². The lowest BCUT2D eigenvalue weighted by Gasteiger charge is -2.16. The zero-order valence-corrected chi connectivity index (χ0v) is 15.1. The van der Waals surface area contributed by atoms with Crippen LogP contribution in [-0.4, -0.2) is 23.1 Å². The summed E-state index contributed by atoms with van der Waals surface area (Å²) in [6.45, 7) is 4.67. The molecule has 0 unspecified atom stereocenters. The molecule has 1 aromatic carbocycles. The molecule has 0 saturated heterocycles. The fourth-order valence-electron chi connectivity index (χ4n) is 2.91. The number of nitrogens with one attached hydrogen (secondary N) is 1. The van der Waals surface area contributed by atoms with Crippen molar-refractivity contribution in [1.82, 2.24) is 9.97 Å². The van der Waals surface area contributed by atoms with Gasteiger partial charge < -0.3 is 10.1 Å². The van der Waals surface area contributed by atoms with E-state index in [9.17, 15) is 13.2 Å². The second-order valence-corrected chi connectivity index (χ2v) is 6.06. The van der Waals surface area contributed by atoms with Crippen molar-refractivity contribution >= 4 is 16.6 Å². The number of para-hydroxylation sites is 1. The molecule has 142 valence electrons. The maximum atomic E-state index is 12.7. The fraction of sp³-hybridized carbons (Fsp3) is 0.300. The Morgan fingerprint density at radius 2 is 1.81 bits per heavy atom. The predicted octanol–water partition coefficient (Wildman–Crippen LogP) is 5.01. The molecule has 0 bridgehead atoms. The van der Waals surface area contributed by atoms with Crippen LogP contribution in [0.25, 0.3) is 10.9 Å². The summed E-state index contributed by atoms with van der Waals surface area (Å²) >= 11 is 0. The van der Waals surface area contributed by atoms with Crippen molar-refractivity contribution in [3.63, 3.8) is 0 Å². The van der Waals surface area contributed by atoms with E-state index in [4.69, 9.17) is 4.74 Å². The first kappa shape index (κ1) is 18.9. The molecule has 0 aliphatic rings. The first-order chi connectivity index (χ1) is 12.9. The van der Waals surface area contributed by atoms with Crippen LogP contribution in [-0.2, 0) is 12.6 Å². The van der Waals surface area contributed by atoms with Gasteiger partial charge in [-0.25, -0.2) is 4.98 Å². The molecule has 7 heteroatoms. The van der Waals surface area contributed by atoms with Crippen LogP contribution in [0, 0.1) is 6.92 Å². The third-order valence-electron chi connectivity index (χ3n) is 4.24. The number of anilines is 1. The van der Waals surface area contributed by atoms with Crippen LogP contribution < -0.4 is 10.1 Å². The van der Waals surface area contributed by atoms with E-state index in [0.29, 0.717) is 6.54 Å². The zero-order valence-electron chi connectivity index (χ0n) is 15.1. The number of benzene rings is 1. The Morgan fingerprint density at radius 1 is 1.04 bits per heavy atom. The average Bonchev–Trinajstić information content (AvgIpc) is 2.65. The molecule has 4 nitrogen and oxygen atoms in total. The van der Waals surface area contributed by atoms with Gasteiger partial charge in [-0.05, 0) is 31.0 Å². The topological polar surface area (TPSA) is 47.0 Å². The Hall–Kier alpha value is -2.83. The number of fused-ring (bicyclic) bond motifs is 1. The highest BCUT2D eigenvalue weighted by atomic mass is 19.4. The smallest absolute Gasteiger partial charge is 0.433 e. The molecule has 2 heterocycles. The van der Waals surface area contributed by atoms with Crippen molar-refractivity contribution in [2.45, 2.75) is 26.4 Å². The molecule has 2 aromatic heterocycles. The third kappa shape index (κ3) is 4.30. The molecule has 0 aliphatic heterocycles. The molecule has 0 fully saturated rings. The van der Waals surface area contributed by atoms with Crippen LogP contribution in [0.2, 0.25) is 0 Å². The zero-order chi connectivity index (χ0) is 19.4. The normalized spacial score (nSPS) is 11.6. The van der Waals surface area contributed by atoms with E-state index in [-0.39, 0.29) is 12.5 Å². The van der Waals surface area contributed by atoms with Crippen LogP contribution in [0.3, 0.4) is 0 Å². The number of aromatic nitrogens is 2. The summed E-state index contributed by atoms with van der Waals surface area (Å²) in [5.74, 6) is -0.0443. The largest absolute Gasteiger partial charge is 0.476 e. The van der Waals surface area contributed by atoms with Crippen LogP contribution in [0.5, 0.6) is 5.88 Å². The molecule has 3 rings (SSSR count). The molecule has 27 heavy (non-hydrogen) atoms. The Kier molecular flexibility index (Phi) is 5.48. The number of ether oxygens (including phenoxy) is 1. The Balaban J connectivity index is 1.70. The number of rotatable bonds is 6. The highest BCUT2D eigenvalue weighted by Gasteiger charge is 2.32. The van der Waals surface area contributed by atoms with Gasteiger partial charge in [0.1, 0.15) is 12.3 Å². The molecule has 0 atom stereocenters. The standard InChI is InChI=1S/C20H20F3N3O/c1-3-15-13(2)19(14-7-4-5-8-16(14)25-15)24-11-12-27-18-10-6-9-17(26-18)20(21,22)23/h4-10H,3,11-12H2,1-2H3,(H,24,25). The van der Waals surface area contributed by atoms with E-state index in [2.05, 4.69) is 22.2 Å². The van der Waals surface area contributed by atoms with Gasteiger partial charge >= 0.3 is 6.18 Å². The summed E-state index contributed by atoms with van der Waals surface area (Å²) in [7, 11) is 0. The van der Waals surface area contributed by atoms with E-state index in [0.717, 1.165) is 40.3 Å². The first-order valence-electron chi connectivity index (χ1n) is 8.69. The maximum absolute atomic E-state index is 12.7.